The third-order valence-electron chi connectivity index (χ3n) is 7.97. The van der Waals surface area contributed by atoms with Crippen molar-refractivity contribution >= 4 is 33.7 Å². The first-order valence-electron chi connectivity index (χ1n) is 13.4. The van der Waals surface area contributed by atoms with E-state index in [1.165, 1.54) is 5.56 Å². The molecule has 1 aromatic rings. The molecule has 4 aliphatic rings. The van der Waals surface area contributed by atoms with Gasteiger partial charge in [-0.25, -0.2) is 18.4 Å². The molecule has 0 radical (unpaired) electrons. The van der Waals surface area contributed by atoms with Crippen molar-refractivity contribution in [2.75, 3.05) is 62.8 Å². The third-order valence-corrected chi connectivity index (χ3v) is 11.3. The molecule has 8 nitrogen and oxygen atoms in total. The molecule has 2 unspecified atom stereocenters. The number of anilines is 1. The molecule has 0 amide bonds. The Balaban J connectivity index is 1.31. The lowest BCUT2D eigenvalue weighted by Crippen LogP contribution is -2.52. The van der Waals surface area contributed by atoms with Crippen LogP contribution in [0.4, 0.5) is 5.82 Å². The first-order chi connectivity index (χ1) is 17.8. The number of rotatable bonds is 6. The van der Waals surface area contributed by atoms with E-state index in [9.17, 15) is 8.42 Å². The fourth-order valence-corrected chi connectivity index (χ4v) is 8.46. The molecule has 10 heteroatoms. The van der Waals surface area contributed by atoms with Gasteiger partial charge in [0.25, 0.3) is 0 Å². The summed E-state index contributed by atoms with van der Waals surface area (Å²) in [6, 6.07) is 0.0231. The molecule has 202 valence electrons. The number of allylic oxidation sites excluding steroid dienone is 3. The van der Waals surface area contributed by atoms with Crippen molar-refractivity contribution in [1.82, 2.24) is 19.2 Å². The minimum Gasteiger partial charge on any atom is -0.497 e. The molecule has 0 bridgehead atoms. The van der Waals surface area contributed by atoms with Crippen molar-refractivity contribution in [2.45, 2.75) is 38.5 Å². The third kappa shape index (κ3) is 5.48. The molecule has 3 heterocycles. The van der Waals surface area contributed by atoms with Crippen LogP contribution in [0.3, 0.4) is 0 Å². The zero-order chi connectivity index (χ0) is 26.2. The number of fused-ring (bicyclic) bond motifs is 1. The fourth-order valence-electron chi connectivity index (χ4n) is 5.65. The molecule has 2 aliphatic carbocycles. The summed E-state index contributed by atoms with van der Waals surface area (Å²) in [6.45, 7) is 10.6. The summed E-state index contributed by atoms with van der Waals surface area (Å²) in [4.78, 5) is 14.9. The van der Waals surface area contributed by atoms with Crippen LogP contribution in [-0.2, 0) is 21.2 Å². The number of aromatic nitrogens is 2. The fraction of sp³-hybridized carbons (Fsp3) is 0.630. The van der Waals surface area contributed by atoms with Crippen molar-refractivity contribution in [3.05, 3.63) is 47.1 Å². The summed E-state index contributed by atoms with van der Waals surface area (Å²) >= 11 is 2.00. The number of piperazine rings is 1. The van der Waals surface area contributed by atoms with E-state index in [1.54, 1.807) is 23.6 Å². The molecule has 4 atom stereocenters. The van der Waals surface area contributed by atoms with Gasteiger partial charge >= 0.3 is 0 Å². The average molecular weight is 546 g/mol. The van der Waals surface area contributed by atoms with Crippen molar-refractivity contribution in [3.8, 4) is 0 Å². The van der Waals surface area contributed by atoms with Crippen LogP contribution in [0.15, 0.2) is 30.1 Å². The normalized spacial score (nSPS) is 28.1. The number of methoxy groups -OCH3 is 1. The minimum absolute atomic E-state index is 0.0231. The molecule has 0 saturated carbocycles. The van der Waals surface area contributed by atoms with Crippen LogP contribution in [0.1, 0.15) is 43.9 Å². The highest BCUT2D eigenvalue weighted by atomic mass is 32.2. The molecule has 2 fully saturated rings. The Hall–Kier alpha value is -1.88. The molecule has 0 N–H and O–H groups in total. The lowest BCUT2D eigenvalue weighted by molar-refractivity contribution is 0.140. The van der Waals surface area contributed by atoms with Crippen LogP contribution in [0.25, 0.3) is 6.08 Å². The lowest BCUT2D eigenvalue weighted by atomic mass is 9.94. The van der Waals surface area contributed by atoms with Gasteiger partial charge < -0.3 is 9.64 Å². The van der Waals surface area contributed by atoms with Crippen molar-refractivity contribution in [1.29, 1.82) is 0 Å². The van der Waals surface area contributed by atoms with Gasteiger partial charge in [-0.15, -0.1) is 0 Å². The van der Waals surface area contributed by atoms with Gasteiger partial charge in [-0.3, -0.25) is 4.90 Å². The second-order valence-corrected chi connectivity index (χ2v) is 13.8. The maximum absolute atomic E-state index is 13.5. The number of hydrogen-bond acceptors (Lipinski definition) is 8. The minimum atomic E-state index is -3.45. The molecule has 37 heavy (non-hydrogen) atoms. The predicted octanol–water partition coefficient (Wildman–Crippen LogP) is 3.35. The zero-order valence-corrected chi connectivity index (χ0v) is 24.0. The van der Waals surface area contributed by atoms with E-state index in [2.05, 4.69) is 35.8 Å². The second-order valence-electron chi connectivity index (χ2n) is 10.5. The topological polar surface area (TPSA) is 78.9 Å². The molecule has 5 rings (SSSR count). The van der Waals surface area contributed by atoms with E-state index in [-0.39, 0.29) is 12.0 Å². The first kappa shape index (κ1) is 26.7. The van der Waals surface area contributed by atoms with E-state index in [0.29, 0.717) is 32.1 Å². The standard InChI is InChI=1S/C27H39N5O3S2/c1-19-5-7-23-24(17-19)28-26(29-27(23)31-13-15-36-16-14-31)21(3)30-9-11-32(12-10-30)37(33,34)25-8-6-22(35-4)18-20(25)2/h5-8,18-21,25H,9-17H2,1-4H3/t19?,20-,21-,25?/m1/s1. The first-order valence-corrected chi connectivity index (χ1v) is 16.0. The smallest absolute Gasteiger partial charge is 0.221 e. The molecular weight excluding hydrogens is 506 g/mol. The van der Waals surface area contributed by atoms with Crippen LogP contribution in [0, 0.1) is 11.8 Å². The maximum atomic E-state index is 13.5. The molecule has 2 saturated heterocycles. The summed E-state index contributed by atoms with van der Waals surface area (Å²) in [5, 5.41) is -0.556. The van der Waals surface area contributed by atoms with Crippen LogP contribution in [0.5, 0.6) is 0 Å². The van der Waals surface area contributed by atoms with E-state index in [1.807, 2.05) is 24.8 Å². The summed E-state index contributed by atoms with van der Waals surface area (Å²) in [5.74, 6) is 5.22. The summed E-state index contributed by atoms with van der Waals surface area (Å²) in [6.07, 6.45) is 10.8. The maximum Gasteiger partial charge on any atom is 0.221 e. The Kier molecular flexibility index (Phi) is 8.00. The highest BCUT2D eigenvalue weighted by molar-refractivity contribution is 7.99. The summed E-state index contributed by atoms with van der Waals surface area (Å²) in [7, 11) is -1.84. The van der Waals surface area contributed by atoms with Crippen molar-refractivity contribution in [3.63, 3.8) is 0 Å². The summed E-state index contributed by atoms with van der Waals surface area (Å²) in [5.41, 5.74) is 2.32. The Morgan fingerprint density at radius 1 is 1.03 bits per heavy atom. The van der Waals surface area contributed by atoms with Crippen LogP contribution < -0.4 is 4.90 Å². The van der Waals surface area contributed by atoms with Crippen LogP contribution in [0.2, 0.25) is 0 Å². The van der Waals surface area contributed by atoms with Gasteiger partial charge in [-0.2, -0.15) is 16.1 Å². The van der Waals surface area contributed by atoms with Gasteiger partial charge in [0, 0.05) is 56.3 Å². The zero-order valence-electron chi connectivity index (χ0n) is 22.3. The second kappa shape index (κ2) is 11.1. The van der Waals surface area contributed by atoms with E-state index in [4.69, 9.17) is 14.7 Å². The van der Waals surface area contributed by atoms with Crippen molar-refractivity contribution < 1.29 is 13.2 Å². The summed E-state index contributed by atoms with van der Waals surface area (Å²) < 4.78 is 33.8. The number of hydrogen-bond donors (Lipinski definition) is 0. The highest BCUT2D eigenvalue weighted by Gasteiger charge is 2.38. The van der Waals surface area contributed by atoms with E-state index in [0.717, 1.165) is 54.1 Å². The molecule has 2 aliphatic heterocycles. The van der Waals surface area contributed by atoms with E-state index < -0.39 is 15.3 Å². The van der Waals surface area contributed by atoms with E-state index >= 15 is 0 Å². The molecular formula is C27H39N5O3S2. The Morgan fingerprint density at radius 3 is 2.43 bits per heavy atom. The quantitative estimate of drug-likeness (QED) is 0.539. The number of thioether (sulfide) groups is 1. The predicted molar refractivity (Wildman–Crippen MR) is 151 cm³/mol. The Labute approximate surface area is 225 Å². The van der Waals surface area contributed by atoms with Gasteiger partial charge in [0.15, 0.2) is 0 Å². The highest BCUT2D eigenvalue weighted by Crippen LogP contribution is 2.33. The van der Waals surface area contributed by atoms with Crippen molar-refractivity contribution in [2.24, 2.45) is 11.8 Å². The van der Waals surface area contributed by atoms with Gasteiger partial charge in [0.05, 0.1) is 18.8 Å². The Morgan fingerprint density at radius 2 is 1.76 bits per heavy atom. The van der Waals surface area contributed by atoms with Gasteiger partial charge in [-0.05, 0) is 37.3 Å². The van der Waals surface area contributed by atoms with Gasteiger partial charge in [0.1, 0.15) is 22.7 Å². The average Bonchev–Trinajstić information content (AvgIpc) is 2.92. The Bertz CT molecular complexity index is 1180. The number of ether oxygens (including phenoxy) is 1. The number of sulfonamides is 1. The number of nitrogens with zero attached hydrogens (tertiary/aromatic N) is 5. The monoisotopic (exact) mass is 545 g/mol. The largest absolute Gasteiger partial charge is 0.497 e. The molecule has 0 spiro atoms. The van der Waals surface area contributed by atoms with Gasteiger partial charge in [-0.1, -0.05) is 32.1 Å². The van der Waals surface area contributed by atoms with Gasteiger partial charge in [0.2, 0.25) is 10.0 Å². The lowest BCUT2D eigenvalue weighted by Gasteiger charge is -2.39. The van der Waals surface area contributed by atoms with Crippen LogP contribution in [-0.4, -0.2) is 90.7 Å². The van der Waals surface area contributed by atoms with Crippen LogP contribution >= 0.6 is 11.8 Å². The molecule has 0 aromatic carbocycles. The molecule has 1 aromatic heterocycles. The SMILES string of the molecule is COC1=C[C@@H](C)C(S(=O)(=O)N2CCN([C@H](C)c3nc4c(c(N5CCSCC5)n3)C=CC(C)C4)CC2)C=C1.